The third-order valence-corrected chi connectivity index (χ3v) is 2.85. The van der Waals surface area contributed by atoms with Crippen LogP contribution in [-0.4, -0.2) is 26.1 Å². The average Bonchev–Trinajstić information content (AvgIpc) is 3.02. The highest BCUT2D eigenvalue weighted by atomic mass is 19.2. The van der Waals surface area contributed by atoms with Gasteiger partial charge in [-0.25, -0.2) is 13.2 Å². The number of carbonyl (C=O) groups is 1. The van der Waals surface area contributed by atoms with Crippen LogP contribution in [0.1, 0.15) is 10.6 Å². The van der Waals surface area contributed by atoms with Crippen molar-refractivity contribution in [1.29, 1.82) is 0 Å². The van der Waals surface area contributed by atoms with Crippen LogP contribution in [0.25, 0.3) is 5.69 Å². The highest BCUT2D eigenvalue weighted by Crippen LogP contribution is 2.13. The molecular weight excluding hydrogens is 311 g/mol. The van der Waals surface area contributed by atoms with Crippen molar-refractivity contribution in [3.05, 3.63) is 65.7 Å². The van der Waals surface area contributed by atoms with Gasteiger partial charge in [0.1, 0.15) is 5.82 Å². The molecule has 1 N–H and O–H groups in total. The van der Waals surface area contributed by atoms with Crippen LogP contribution in [0.15, 0.2) is 42.5 Å². The molecule has 0 atom stereocenters. The van der Waals surface area contributed by atoms with E-state index in [1.807, 2.05) is 0 Å². The molecule has 3 aromatic rings. The highest BCUT2D eigenvalue weighted by Gasteiger charge is 2.15. The van der Waals surface area contributed by atoms with Crippen molar-refractivity contribution in [2.24, 2.45) is 0 Å². The number of amides is 1. The van der Waals surface area contributed by atoms with E-state index in [4.69, 9.17) is 0 Å². The predicted octanol–water partition coefficient (Wildman–Crippen LogP) is 2.33. The van der Waals surface area contributed by atoms with E-state index >= 15 is 0 Å². The maximum atomic E-state index is 13.1. The molecule has 0 radical (unpaired) electrons. The van der Waals surface area contributed by atoms with Gasteiger partial charge in [0.05, 0.1) is 5.69 Å². The van der Waals surface area contributed by atoms with Gasteiger partial charge in [0.25, 0.3) is 11.7 Å². The van der Waals surface area contributed by atoms with Gasteiger partial charge < -0.3 is 5.32 Å². The number of halogens is 3. The fourth-order valence-corrected chi connectivity index (χ4v) is 1.75. The van der Waals surface area contributed by atoms with E-state index in [0.29, 0.717) is 5.69 Å². The normalized spacial score (nSPS) is 10.6. The summed E-state index contributed by atoms with van der Waals surface area (Å²) in [5, 5.41) is 13.4. The van der Waals surface area contributed by atoms with Crippen molar-refractivity contribution < 1.29 is 18.0 Å². The molecule has 0 fully saturated rings. The number of tetrazole rings is 1. The van der Waals surface area contributed by atoms with Gasteiger partial charge >= 0.3 is 0 Å². The monoisotopic (exact) mass is 319 g/mol. The number of hydrogen-bond acceptors (Lipinski definition) is 4. The van der Waals surface area contributed by atoms with Gasteiger partial charge in [-0.3, -0.25) is 4.79 Å². The lowest BCUT2D eigenvalue weighted by molar-refractivity contribution is 0.101. The minimum atomic E-state index is -1.09. The molecule has 0 unspecified atom stereocenters. The standard InChI is InChI=1S/C14H8F3N5O/c15-8-1-4-10(5-2-8)22-20-13(19-21-22)14(23)18-9-3-6-11(16)12(17)7-9/h1-7H,(H,18,23). The molecule has 1 amide bonds. The zero-order valence-corrected chi connectivity index (χ0v) is 11.4. The van der Waals surface area contributed by atoms with Gasteiger partial charge in [-0.1, -0.05) is 0 Å². The summed E-state index contributed by atoms with van der Waals surface area (Å²) in [6, 6.07) is 8.15. The van der Waals surface area contributed by atoms with E-state index in [-0.39, 0.29) is 11.5 Å². The summed E-state index contributed by atoms with van der Waals surface area (Å²) in [5.41, 5.74) is 0.456. The zero-order valence-electron chi connectivity index (χ0n) is 11.4. The Morgan fingerprint density at radius 2 is 1.74 bits per heavy atom. The second-order valence-corrected chi connectivity index (χ2v) is 4.46. The number of rotatable bonds is 3. The van der Waals surface area contributed by atoms with Crippen LogP contribution in [0.2, 0.25) is 0 Å². The van der Waals surface area contributed by atoms with Gasteiger partial charge in [-0.15, -0.1) is 15.0 Å². The highest BCUT2D eigenvalue weighted by molar-refractivity contribution is 6.01. The summed E-state index contributed by atoms with van der Waals surface area (Å²) in [4.78, 5) is 13.0. The lowest BCUT2D eigenvalue weighted by Gasteiger charge is -2.02. The molecule has 0 spiro atoms. The van der Waals surface area contributed by atoms with E-state index in [1.54, 1.807) is 0 Å². The van der Waals surface area contributed by atoms with Crippen LogP contribution in [0.5, 0.6) is 0 Å². The summed E-state index contributed by atoms with van der Waals surface area (Å²) in [5.74, 6) is -3.57. The number of carbonyl (C=O) groups excluding carboxylic acids is 1. The van der Waals surface area contributed by atoms with Gasteiger partial charge in [0.15, 0.2) is 11.6 Å². The number of aromatic nitrogens is 4. The first-order chi connectivity index (χ1) is 11.0. The lowest BCUT2D eigenvalue weighted by Crippen LogP contribution is -2.14. The van der Waals surface area contributed by atoms with Crippen LogP contribution in [-0.2, 0) is 0 Å². The Morgan fingerprint density at radius 1 is 1.00 bits per heavy atom. The fourth-order valence-electron chi connectivity index (χ4n) is 1.75. The van der Waals surface area contributed by atoms with E-state index in [0.717, 1.165) is 16.9 Å². The van der Waals surface area contributed by atoms with E-state index in [1.165, 1.54) is 30.3 Å². The Balaban J connectivity index is 1.78. The maximum Gasteiger partial charge on any atom is 0.297 e. The number of benzene rings is 2. The van der Waals surface area contributed by atoms with Gasteiger partial charge in [-0.05, 0) is 41.6 Å². The van der Waals surface area contributed by atoms with Gasteiger partial charge in [0.2, 0.25) is 0 Å². The van der Waals surface area contributed by atoms with Crippen molar-refractivity contribution in [3.8, 4) is 5.69 Å². The first-order valence-corrected chi connectivity index (χ1v) is 6.35. The molecule has 1 aromatic heterocycles. The molecule has 0 saturated heterocycles. The predicted molar refractivity (Wildman–Crippen MR) is 73.4 cm³/mol. The molecule has 116 valence electrons. The molecule has 23 heavy (non-hydrogen) atoms. The number of nitrogens with zero attached hydrogens (tertiary/aromatic N) is 4. The van der Waals surface area contributed by atoms with Crippen LogP contribution < -0.4 is 5.32 Å². The Bertz CT molecular complexity index is 863. The van der Waals surface area contributed by atoms with Gasteiger partial charge in [-0.2, -0.15) is 0 Å². The lowest BCUT2D eigenvalue weighted by atomic mass is 10.3. The third-order valence-electron chi connectivity index (χ3n) is 2.85. The average molecular weight is 319 g/mol. The van der Waals surface area contributed by atoms with E-state index < -0.39 is 23.4 Å². The second-order valence-electron chi connectivity index (χ2n) is 4.46. The summed E-state index contributed by atoms with van der Waals surface area (Å²) in [6.07, 6.45) is 0. The first-order valence-electron chi connectivity index (χ1n) is 6.35. The molecular formula is C14H8F3N5O. The van der Waals surface area contributed by atoms with Crippen LogP contribution in [0.4, 0.5) is 18.9 Å². The van der Waals surface area contributed by atoms with E-state index in [2.05, 4.69) is 20.7 Å². The van der Waals surface area contributed by atoms with Crippen molar-refractivity contribution in [1.82, 2.24) is 20.2 Å². The Hall–Kier alpha value is -3.23. The number of anilines is 1. The van der Waals surface area contributed by atoms with Crippen molar-refractivity contribution in [3.63, 3.8) is 0 Å². The molecule has 0 bridgehead atoms. The zero-order chi connectivity index (χ0) is 16.4. The van der Waals surface area contributed by atoms with Crippen LogP contribution in [0, 0.1) is 17.5 Å². The first kappa shape index (κ1) is 14.7. The summed E-state index contributed by atoms with van der Waals surface area (Å²) in [7, 11) is 0. The largest absolute Gasteiger partial charge is 0.319 e. The third kappa shape index (κ3) is 3.18. The molecule has 2 aromatic carbocycles. The molecule has 0 aliphatic carbocycles. The topological polar surface area (TPSA) is 72.7 Å². The second kappa shape index (κ2) is 5.87. The molecule has 3 rings (SSSR count). The minimum Gasteiger partial charge on any atom is -0.319 e. The molecule has 6 nitrogen and oxygen atoms in total. The van der Waals surface area contributed by atoms with Crippen LogP contribution in [0.3, 0.4) is 0 Å². The van der Waals surface area contributed by atoms with Crippen molar-refractivity contribution in [2.75, 3.05) is 5.32 Å². The van der Waals surface area contributed by atoms with Gasteiger partial charge in [0, 0.05) is 11.8 Å². The SMILES string of the molecule is O=C(Nc1ccc(F)c(F)c1)c1nnn(-c2ccc(F)cc2)n1. The quantitative estimate of drug-likeness (QED) is 0.804. The smallest absolute Gasteiger partial charge is 0.297 e. The summed E-state index contributed by atoms with van der Waals surface area (Å²) < 4.78 is 38.8. The molecule has 0 saturated carbocycles. The van der Waals surface area contributed by atoms with Crippen molar-refractivity contribution in [2.45, 2.75) is 0 Å². The number of hydrogen-bond donors (Lipinski definition) is 1. The molecule has 0 aliphatic rings. The Kier molecular flexibility index (Phi) is 3.75. The van der Waals surface area contributed by atoms with Crippen LogP contribution >= 0.6 is 0 Å². The maximum absolute atomic E-state index is 13.1. The molecule has 9 heteroatoms. The van der Waals surface area contributed by atoms with E-state index in [9.17, 15) is 18.0 Å². The summed E-state index contributed by atoms with van der Waals surface area (Å²) in [6.45, 7) is 0. The Morgan fingerprint density at radius 3 is 2.43 bits per heavy atom. The molecule has 1 heterocycles. The van der Waals surface area contributed by atoms with Crippen molar-refractivity contribution >= 4 is 11.6 Å². The molecule has 0 aliphatic heterocycles. The minimum absolute atomic E-state index is 0.0482. The summed E-state index contributed by atoms with van der Waals surface area (Å²) >= 11 is 0. The Labute approximate surface area is 127 Å². The fraction of sp³-hybridized carbons (Fsp3) is 0. The number of nitrogens with one attached hydrogen (secondary N) is 1.